The lowest BCUT2D eigenvalue weighted by Crippen LogP contribution is -1.89. The fraction of sp³-hybridized carbons (Fsp3) is 0.600. The molecule has 0 N–H and O–H groups in total. The Labute approximate surface area is 569 Å². The molecular weight excluding hydrogens is 1220 g/mol. The fourth-order valence-electron chi connectivity index (χ4n) is 13.0. The van der Waals surface area contributed by atoms with E-state index in [0.717, 1.165) is 0 Å². The van der Waals surface area contributed by atoms with Crippen molar-refractivity contribution < 1.29 is 0 Å². The average molecular weight is 1330 g/mol. The second-order valence-corrected chi connectivity index (χ2v) is 34.0. The molecule has 0 aliphatic rings. The van der Waals surface area contributed by atoms with Gasteiger partial charge in [0.2, 0.25) is 0 Å². The summed E-state index contributed by atoms with van der Waals surface area (Å²) in [6.45, 7) is 18.8. The Bertz CT molecular complexity index is 2960. The van der Waals surface area contributed by atoms with Crippen LogP contribution in [0.1, 0.15) is 305 Å². The van der Waals surface area contributed by atoms with Gasteiger partial charge in [-0.1, -0.05) is 209 Å². The first kappa shape index (κ1) is 71.4. The van der Waals surface area contributed by atoms with E-state index in [9.17, 15) is 0 Å². The Morgan fingerprint density at radius 3 is 0.545 bits per heavy atom. The maximum atomic E-state index is 2.71. The minimum atomic E-state index is 1.17. The predicted octanol–water partition coefficient (Wildman–Crippen LogP) is 30.8. The van der Waals surface area contributed by atoms with Crippen LogP contribution in [0.4, 0.5) is 0 Å². The summed E-state index contributed by atoms with van der Waals surface area (Å²) in [7, 11) is 0. The van der Waals surface area contributed by atoms with E-state index in [1.54, 1.807) is 83.5 Å². The van der Waals surface area contributed by atoms with Gasteiger partial charge in [0, 0.05) is 68.3 Å². The SMILES string of the molecule is CCCCCCc1ccsc1-c1sc(-c2cc(CCCCCC)c(-c3sc(-c4cc(CCCCCC)c(-c5sc(-c6cc(CCCCCC)c(-c7sccc7CCCCCC)s6)cc5CCCCCC)s4)cc3CCCCCC)s2)cc1CCCCCC. The topological polar surface area (TPSA) is 0 Å². The predicted molar refractivity (Wildman–Crippen MR) is 410 cm³/mol. The van der Waals surface area contributed by atoms with Gasteiger partial charge < -0.3 is 0 Å². The first-order valence-electron chi connectivity index (χ1n) is 36.3. The zero-order valence-electron chi connectivity index (χ0n) is 56.3. The maximum absolute atomic E-state index is 2.71. The van der Waals surface area contributed by atoms with Gasteiger partial charge in [-0.25, -0.2) is 0 Å². The van der Waals surface area contributed by atoms with Gasteiger partial charge in [0.25, 0.3) is 0 Å². The lowest BCUT2D eigenvalue weighted by Gasteiger charge is -2.06. The van der Waals surface area contributed by atoms with Gasteiger partial charge >= 0.3 is 0 Å². The van der Waals surface area contributed by atoms with E-state index in [-0.39, 0.29) is 0 Å². The molecule has 88 heavy (non-hydrogen) atoms. The lowest BCUT2D eigenvalue weighted by molar-refractivity contribution is 0.666. The Balaban J connectivity index is 1.22. The van der Waals surface area contributed by atoms with Gasteiger partial charge in [0.1, 0.15) is 0 Å². The van der Waals surface area contributed by atoms with Crippen molar-refractivity contribution in [1.29, 1.82) is 0 Å². The monoisotopic (exact) mass is 1330 g/mol. The molecule has 0 saturated heterocycles. The Kier molecular flexibility index (Phi) is 32.5. The molecular formula is C80H114S8. The summed E-state index contributed by atoms with van der Waals surface area (Å²) in [5.74, 6) is 0. The van der Waals surface area contributed by atoms with Gasteiger partial charge in [0.15, 0.2) is 0 Å². The summed E-state index contributed by atoms with van der Waals surface area (Å²) >= 11 is 16.9. The van der Waals surface area contributed by atoms with Gasteiger partial charge in [-0.3, -0.25) is 0 Å². The third-order valence-corrected chi connectivity index (χ3v) is 28.5. The molecule has 8 rings (SSSR count). The average Bonchev–Trinajstić information content (AvgIpc) is 2.37. The van der Waals surface area contributed by atoms with Crippen molar-refractivity contribution in [3.05, 3.63) is 104 Å². The maximum Gasteiger partial charge on any atom is 0.0484 e. The van der Waals surface area contributed by atoms with Crippen molar-refractivity contribution in [3.8, 4) is 68.3 Å². The molecule has 0 aliphatic heterocycles. The van der Waals surface area contributed by atoms with Gasteiger partial charge in [0.05, 0.1) is 0 Å². The van der Waals surface area contributed by atoms with E-state index >= 15 is 0 Å². The zero-order chi connectivity index (χ0) is 61.7. The first-order chi connectivity index (χ1) is 43.4. The largest absolute Gasteiger partial charge is 0.143 e. The molecule has 8 heterocycles. The smallest absolute Gasteiger partial charge is 0.0484 e. The lowest BCUT2D eigenvalue weighted by atomic mass is 10.0. The zero-order valence-corrected chi connectivity index (χ0v) is 62.9. The summed E-state index contributed by atoms with van der Waals surface area (Å²) < 4.78 is 0. The summed E-state index contributed by atoms with van der Waals surface area (Å²) in [5, 5.41) is 4.77. The molecule has 0 bridgehead atoms. The van der Waals surface area contributed by atoms with E-state index in [0.29, 0.717) is 0 Å². The molecule has 0 aliphatic carbocycles. The molecule has 0 radical (unpaired) electrons. The van der Waals surface area contributed by atoms with Crippen molar-refractivity contribution >= 4 is 90.7 Å². The van der Waals surface area contributed by atoms with Gasteiger partial charge in [-0.2, -0.15) is 0 Å². The summed E-state index contributed by atoms with van der Waals surface area (Å²) in [6.07, 6.45) is 51.3. The van der Waals surface area contributed by atoms with Crippen LogP contribution in [0.2, 0.25) is 0 Å². The number of unbranched alkanes of at least 4 members (excludes halogenated alkanes) is 24. The van der Waals surface area contributed by atoms with Crippen LogP contribution < -0.4 is 0 Å². The minimum Gasteiger partial charge on any atom is -0.143 e. The van der Waals surface area contributed by atoms with Crippen molar-refractivity contribution in [2.24, 2.45) is 0 Å². The molecule has 0 spiro atoms. The number of hydrogen-bond donors (Lipinski definition) is 0. The molecule has 0 fully saturated rings. The summed E-state index contributed by atoms with van der Waals surface area (Å²) in [4.78, 5) is 21.7. The van der Waals surface area contributed by atoms with Crippen molar-refractivity contribution in [1.82, 2.24) is 0 Å². The van der Waals surface area contributed by atoms with Crippen molar-refractivity contribution in [3.63, 3.8) is 0 Å². The molecule has 8 heteroatoms. The van der Waals surface area contributed by atoms with E-state index in [1.165, 1.54) is 286 Å². The molecule has 0 atom stereocenters. The molecule has 482 valence electrons. The third-order valence-electron chi connectivity index (χ3n) is 18.3. The molecule has 0 saturated carbocycles. The van der Waals surface area contributed by atoms with Crippen LogP contribution >= 0.6 is 90.7 Å². The normalized spacial score (nSPS) is 11.9. The van der Waals surface area contributed by atoms with Crippen LogP contribution in [0, 0.1) is 0 Å². The second kappa shape index (κ2) is 40.0. The second-order valence-electron chi connectivity index (χ2n) is 25.8. The number of hydrogen-bond acceptors (Lipinski definition) is 8. The number of thiophene rings is 8. The van der Waals surface area contributed by atoms with Crippen LogP contribution in [-0.2, 0) is 51.4 Å². The van der Waals surface area contributed by atoms with Crippen LogP contribution in [-0.4, -0.2) is 0 Å². The van der Waals surface area contributed by atoms with Gasteiger partial charge in [-0.05, 0) is 207 Å². The Hall–Kier alpha value is -2.40. The van der Waals surface area contributed by atoms with Crippen LogP contribution in [0.3, 0.4) is 0 Å². The molecule has 0 aromatic carbocycles. The van der Waals surface area contributed by atoms with Gasteiger partial charge in [-0.15, -0.1) is 90.7 Å². The molecule has 8 aromatic rings. The highest BCUT2D eigenvalue weighted by Gasteiger charge is 2.26. The first-order valence-corrected chi connectivity index (χ1v) is 42.9. The van der Waals surface area contributed by atoms with E-state index in [4.69, 9.17) is 0 Å². The van der Waals surface area contributed by atoms with E-state index in [2.05, 4.69) is 183 Å². The Morgan fingerprint density at radius 2 is 0.364 bits per heavy atom. The van der Waals surface area contributed by atoms with Crippen molar-refractivity contribution in [2.45, 2.75) is 312 Å². The molecule has 8 aromatic heterocycles. The highest BCUT2D eigenvalue weighted by Crippen LogP contribution is 2.54. The summed E-state index contributed by atoms with van der Waals surface area (Å²) in [5.41, 5.74) is 12.8. The van der Waals surface area contributed by atoms with E-state index in [1.807, 2.05) is 22.7 Å². The standard InChI is InChI=1S/C80H114S8/c1-9-17-25-33-41-59-49-51-81-73(59)75-61(43-35-27-19-11-3)53-67(83-75)69-55-63(45-37-29-21-13-5)77(85-69)79-65(47-39-31-23-15-7)57-71(87-79)72-58-66(48-40-32-24-16-8)80(88-72)78-64(46-38-30-22-14-6)56-70(86-78)68-54-62(44-36-28-20-12-4)76(84-68)74-60(50-52-82-74)42-34-26-18-10-2/h49-58H,9-48H2,1-8H3. The molecule has 0 nitrogen and oxygen atoms in total. The highest BCUT2D eigenvalue weighted by molar-refractivity contribution is 7.31. The number of rotatable bonds is 47. The van der Waals surface area contributed by atoms with Crippen LogP contribution in [0.25, 0.3) is 68.3 Å². The van der Waals surface area contributed by atoms with Crippen LogP contribution in [0.5, 0.6) is 0 Å². The quantitative estimate of drug-likeness (QED) is 0.0334. The third kappa shape index (κ3) is 20.8. The van der Waals surface area contributed by atoms with Crippen molar-refractivity contribution in [2.75, 3.05) is 0 Å². The fourth-order valence-corrected chi connectivity index (χ4v) is 23.2. The highest BCUT2D eigenvalue weighted by atomic mass is 32.1. The molecule has 0 unspecified atom stereocenters. The van der Waals surface area contributed by atoms with Crippen LogP contribution in [0.15, 0.2) is 59.3 Å². The Morgan fingerprint density at radius 1 is 0.193 bits per heavy atom. The molecule has 0 amide bonds. The van der Waals surface area contributed by atoms with E-state index < -0.39 is 0 Å². The summed E-state index contributed by atoms with van der Waals surface area (Å²) in [6, 6.07) is 21.1. The minimum absolute atomic E-state index is 1.17. The number of aryl methyl sites for hydroxylation is 8.